The molecular formula is C21H21FN2O2. The molecule has 2 aliphatic rings. The lowest BCUT2D eigenvalue weighted by molar-refractivity contribution is 0.0805. The summed E-state index contributed by atoms with van der Waals surface area (Å²) in [6.45, 7) is 0.526. The fourth-order valence-corrected chi connectivity index (χ4v) is 4.21. The molecule has 1 saturated carbocycles. The molecule has 0 atom stereocenters. The van der Waals surface area contributed by atoms with Gasteiger partial charge < -0.3 is 10.2 Å². The number of carbonyl (C=O) groups is 2. The fourth-order valence-electron chi connectivity index (χ4n) is 4.21. The van der Waals surface area contributed by atoms with Crippen molar-refractivity contribution in [3.8, 4) is 0 Å². The molecular weight excluding hydrogens is 331 g/mol. The second-order valence-electron chi connectivity index (χ2n) is 7.25. The van der Waals surface area contributed by atoms with E-state index in [1.807, 2.05) is 12.1 Å². The summed E-state index contributed by atoms with van der Waals surface area (Å²) in [6.07, 6.45) is 3.64. The topological polar surface area (TPSA) is 49.4 Å². The van der Waals surface area contributed by atoms with Crippen molar-refractivity contribution >= 4 is 11.8 Å². The molecule has 1 aliphatic heterocycles. The molecule has 0 radical (unpaired) electrons. The Labute approximate surface area is 152 Å². The van der Waals surface area contributed by atoms with Gasteiger partial charge >= 0.3 is 0 Å². The van der Waals surface area contributed by atoms with Gasteiger partial charge in [0, 0.05) is 13.6 Å². The molecule has 2 aromatic carbocycles. The molecule has 26 heavy (non-hydrogen) atoms. The summed E-state index contributed by atoms with van der Waals surface area (Å²) in [7, 11) is 1.74. The fraction of sp³-hybridized carbons (Fsp3) is 0.333. The molecule has 4 nitrogen and oxygen atoms in total. The minimum absolute atomic E-state index is 0.118. The van der Waals surface area contributed by atoms with Gasteiger partial charge in [0.1, 0.15) is 5.82 Å². The van der Waals surface area contributed by atoms with Crippen molar-refractivity contribution in [1.82, 2.24) is 10.2 Å². The number of fused-ring (bicyclic) bond motifs is 1. The van der Waals surface area contributed by atoms with Crippen molar-refractivity contribution < 1.29 is 14.0 Å². The summed E-state index contributed by atoms with van der Waals surface area (Å²) in [4.78, 5) is 27.2. The van der Waals surface area contributed by atoms with Crippen LogP contribution in [0, 0.1) is 5.82 Å². The Balaban J connectivity index is 1.68. The van der Waals surface area contributed by atoms with Crippen LogP contribution in [-0.4, -0.2) is 23.8 Å². The van der Waals surface area contributed by atoms with Crippen LogP contribution >= 0.6 is 0 Å². The van der Waals surface area contributed by atoms with E-state index >= 15 is 0 Å². The summed E-state index contributed by atoms with van der Waals surface area (Å²) in [5, 5.41) is 3.18. The average Bonchev–Trinajstić information content (AvgIpc) is 3.21. The van der Waals surface area contributed by atoms with Gasteiger partial charge in [-0.25, -0.2) is 4.39 Å². The third kappa shape index (κ3) is 2.68. The Morgan fingerprint density at radius 2 is 1.81 bits per heavy atom. The number of hydrogen-bond acceptors (Lipinski definition) is 2. The first kappa shape index (κ1) is 16.8. The molecule has 1 aliphatic carbocycles. The van der Waals surface area contributed by atoms with Gasteiger partial charge in [0.05, 0.1) is 16.7 Å². The number of carbonyl (C=O) groups excluding carboxylic acids is 2. The van der Waals surface area contributed by atoms with Gasteiger partial charge in [-0.3, -0.25) is 9.59 Å². The minimum Gasteiger partial charge on any atom is -0.343 e. The maximum absolute atomic E-state index is 13.3. The highest BCUT2D eigenvalue weighted by atomic mass is 19.1. The number of nitrogens with zero attached hydrogens (tertiary/aromatic N) is 1. The molecule has 2 aromatic rings. The first-order chi connectivity index (χ1) is 12.5. The number of benzene rings is 2. The molecule has 0 saturated heterocycles. The largest absolute Gasteiger partial charge is 0.343 e. The molecule has 1 N–H and O–H groups in total. The van der Waals surface area contributed by atoms with Crippen LogP contribution in [0.5, 0.6) is 0 Å². The molecule has 1 heterocycles. The number of halogens is 1. The van der Waals surface area contributed by atoms with E-state index < -0.39 is 5.54 Å². The lowest BCUT2D eigenvalue weighted by Gasteiger charge is -2.31. The van der Waals surface area contributed by atoms with E-state index in [2.05, 4.69) is 5.32 Å². The number of hydrogen-bond donors (Lipinski definition) is 1. The summed E-state index contributed by atoms with van der Waals surface area (Å²) in [5.41, 5.74) is 2.22. The third-order valence-corrected chi connectivity index (χ3v) is 5.57. The van der Waals surface area contributed by atoms with Gasteiger partial charge in [0.25, 0.3) is 11.8 Å². The Hall–Kier alpha value is -2.69. The predicted molar refractivity (Wildman–Crippen MR) is 96.3 cm³/mol. The number of amides is 2. The standard InChI is InChI=1S/C21H21FN2O2/c1-24-13-14-5-4-6-17(18(14)20(24)26)19(25)23-21(11-2-3-12-21)15-7-9-16(22)10-8-15/h4-10H,2-3,11-13H2,1H3,(H,23,25). The van der Waals surface area contributed by atoms with Crippen LogP contribution in [-0.2, 0) is 12.1 Å². The summed E-state index contributed by atoms with van der Waals surface area (Å²) >= 11 is 0. The molecule has 4 rings (SSSR count). The SMILES string of the molecule is CN1Cc2cccc(C(=O)NC3(c4ccc(F)cc4)CCCC3)c2C1=O. The highest BCUT2D eigenvalue weighted by Gasteiger charge is 2.38. The smallest absolute Gasteiger partial charge is 0.255 e. The summed E-state index contributed by atoms with van der Waals surface area (Å²) < 4.78 is 13.3. The van der Waals surface area contributed by atoms with E-state index in [1.165, 1.54) is 12.1 Å². The Kier molecular flexibility index (Phi) is 4.02. The van der Waals surface area contributed by atoms with E-state index in [4.69, 9.17) is 0 Å². The predicted octanol–water partition coefficient (Wildman–Crippen LogP) is 3.61. The van der Waals surface area contributed by atoms with Crippen LogP contribution < -0.4 is 5.32 Å². The molecule has 134 valence electrons. The second kappa shape index (κ2) is 6.24. The van der Waals surface area contributed by atoms with Crippen LogP contribution in [0.15, 0.2) is 42.5 Å². The normalized spacial score (nSPS) is 18.1. The minimum atomic E-state index is -0.499. The zero-order valence-electron chi connectivity index (χ0n) is 14.7. The van der Waals surface area contributed by atoms with E-state index in [0.29, 0.717) is 17.7 Å². The first-order valence-corrected chi connectivity index (χ1v) is 8.96. The van der Waals surface area contributed by atoms with Crippen molar-refractivity contribution in [3.63, 3.8) is 0 Å². The Bertz CT molecular complexity index is 870. The van der Waals surface area contributed by atoms with Crippen LogP contribution in [0.3, 0.4) is 0 Å². The molecule has 0 aromatic heterocycles. The van der Waals surface area contributed by atoms with Crippen LogP contribution in [0.2, 0.25) is 0 Å². The van der Waals surface area contributed by atoms with E-state index in [9.17, 15) is 14.0 Å². The monoisotopic (exact) mass is 352 g/mol. The lowest BCUT2D eigenvalue weighted by Crippen LogP contribution is -2.44. The van der Waals surface area contributed by atoms with Gasteiger partial charge in [-0.05, 0) is 42.2 Å². The van der Waals surface area contributed by atoms with Crippen molar-refractivity contribution in [2.75, 3.05) is 7.05 Å². The van der Waals surface area contributed by atoms with Gasteiger partial charge in [-0.2, -0.15) is 0 Å². The van der Waals surface area contributed by atoms with Crippen LogP contribution in [0.4, 0.5) is 4.39 Å². The number of nitrogens with one attached hydrogen (secondary N) is 1. The van der Waals surface area contributed by atoms with E-state index in [1.54, 1.807) is 30.1 Å². The van der Waals surface area contributed by atoms with Crippen molar-refractivity contribution in [1.29, 1.82) is 0 Å². The molecule has 0 bridgehead atoms. The van der Waals surface area contributed by atoms with Crippen LogP contribution in [0.1, 0.15) is 57.5 Å². The zero-order chi connectivity index (χ0) is 18.3. The molecule has 1 fully saturated rings. The maximum Gasteiger partial charge on any atom is 0.255 e. The lowest BCUT2D eigenvalue weighted by atomic mass is 9.87. The first-order valence-electron chi connectivity index (χ1n) is 8.96. The van der Waals surface area contributed by atoms with Gasteiger partial charge in [-0.1, -0.05) is 37.1 Å². The van der Waals surface area contributed by atoms with E-state index in [-0.39, 0.29) is 17.6 Å². The van der Waals surface area contributed by atoms with Gasteiger partial charge in [0.15, 0.2) is 0 Å². The van der Waals surface area contributed by atoms with Crippen molar-refractivity contribution in [2.24, 2.45) is 0 Å². The second-order valence-corrected chi connectivity index (χ2v) is 7.25. The van der Waals surface area contributed by atoms with Crippen molar-refractivity contribution in [3.05, 3.63) is 70.5 Å². The molecule has 0 unspecified atom stereocenters. The third-order valence-electron chi connectivity index (χ3n) is 5.57. The molecule has 0 spiro atoms. The molecule has 2 amide bonds. The Morgan fingerprint density at radius 3 is 2.50 bits per heavy atom. The maximum atomic E-state index is 13.3. The Morgan fingerprint density at radius 1 is 1.12 bits per heavy atom. The average molecular weight is 352 g/mol. The zero-order valence-corrected chi connectivity index (χ0v) is 14.7. The summed E-state index contributed by atoms with van der Waals surface area (Å²) in [5.74, 6) is -0.646. The van der Waals surface area contributed by atoms with Gasteiger partial charge in [0.2, 0.25) is 0 Å². The molecule has 5 heteroatoms. The highest BCUT2D eigenvalue weighted by molar-refractivity contribution is 6.09. The summed E-state index contributed by atoms with van der Waals surface area (Å²) in [6, 6.07) is 11.8. The van der Waals surface area contributed by atoms with Crippen molar-refractivity contribution in [2.45, 2.75) is 37.8 Å². The van der Waals surface area contributed by atoms with Gasteiger partial charge in [-0.15, -0.1) is 0 Å². The highest BCUT2D eigenvalue weighted by Crippen LogP contribution is 2.39. The van der Waals surface area contributed by atoms with Crippen LogP contribution in [0.25, 0.3) is 0 Å². The number of rotatable bonds is 3. The van der Waals surface area contributed by atoms with E-state index in [0.717, 1.165) is 36.8 Å². The quantitative estimate of drug-likeness (QED) is 0.917.